The second kappa shape index (κ2) is 7.13. The first-order valence-corrected chi connectivity index (χ1v) is 7.49. The fourth-order valence-corrected chi connectivity index (χ4v) is 2.50. The van der Waals surface area contributed by atoms with Crippen LogP contribution in [0, 0.1) is 0 Å². The van der Waals surface area contributed by atoms with Crippen molar-refractivity contribution in [3.63, 3.8) is 0 Å². The Morgan fingerprint density at radius 3 is 2.52 bits per heavy atom. The number of hydrogen-bond donors (Lipinski definition) is 1. The Kier molecular flexibility index (Phi) is 5.22. The van der Waals surface area contributed by atoms with Gasteiger partial charge in [0.15, 0.2) is 11.5 Å². The molecule has 0 aliphatic carbocycles. The molecule has 1 N–H and O–H groups in total. The molecule has 0 heterocycles. The van der Waals surface area contributed by atoms with Crippen LogP contribution in [0.4, 0.5) is 5.69 Å². The lowest BCUT2D eigenvalue weighted by atomic mass is 10.1. The van der Waals surface area contributed by atoms with Crippen LogP contribution in [0.15, 0.2) is 42.5 Å². The Labute approximate surface area is 132 Å². The summed E-state index contributed by atoms with van der Waals surface area (Å²) in [5, 5.41) is 3.56. The van der Waals surface area contributed by atoms with Crippen molar-refractivity contribution in [2.75, 3.05) is 19.5 Å². The zero-order chi connectivity index (χ0) is 15.2. The number of nitrogens with one attached hydrogen (secondary N) is 1. The van der Waals surface area contributed by atoms with Crippen molar-refractivity contribution in [3.8, 4) is 11.5 Å². The van der Waals surface area contributed by atoms with E-state index >= 15 is 0 Å². The van der Waals surface area contributed by atoms with Gasteiger partial charge in [0.05, 0.1) is 19.8 Å². The molecule has 0 saturated carbocycles. The molecule has 0 aliphatic heterocycles. The Morgan fingerprint density at radius 1 is 1.10 bits per heavy atom. The van der Waals surface area contributed by atoms with Crippen molar-refractivity contribution in [2.24, 2.45) is 0 Å². The molecule has 0 unspecified atom stereocenters. The Balaban J connectivity index is 2.33. The maximum absolute atomic E-state index is 12.5. The normalized spacial score (nSPS) is 10.0. The molecule has 21 heavy (non-hydrogen) atoms. The average molecular weight is 350 g/mol. The number of hydrogen-bond acceptors (Lipinski definition) is 3. The number of para-hydroxylation sites is 2. The van der Waals surface area contributed by atoms with Gasteiger partial charge in [-0.3, -0.25) is 4.79 Å². The second-order valence-corrected chi connectivity index (χ2v) is 4.85. The van der Waals surface area contributed by atoms with Gasteiger partial charge in [0.1, 0.15) is 0 Å². The van der Waals surface area contributed by atoms with Gasteiger partial charge in [-0.25, -0.2) is 0 Å². The van der Waals surface area contributed by atoms with E-state index in [1.54, 1.807) is 25.3 Å². The second-order valence-electron chi connectivity index (χ2n) is 4.29. The third-order valence-corrected chi connectivity index (χ3v) is 3.66. The molecule has 0 aromatic heterocycles. The van der Waals surface area contributed by atoms with E-state index in [9.17, 15) is 4.79 Å². The number of anilines is 1. The van der Waals surface area contributed by atoms with Gasteiger partial charge in [-0.2, -0.15) is 0 Å². The third-order valence-electron chi connectivity index (χ3n) is 3.06. The first-order chi connectivity index (χ1) is 10.2. The van der Waals surface area contributed by atoms with Crippen LogP contribution in [0.3, 0.4) is 0 Å². The van der Waals surface area contributed by atoms with Crippen molar-refractivity contribution in [1.29, 1.82) is 0 Å². The molecule has 0 aliphatic rings. The summed E-state index contributed by atoms with van der Waals surface area (Å²) in [5.41, 5.74) is 2.21. The van der Waals surface area contributed by atoms with Crippen molar-refractivity contribution in [1.82, 2.24) is 0 Å². The molecular weight excluding hydrogens is 334 g/mol. The molecule has 0 radical (unpaired) electrons. The van der Waals surface area contributed by atoms with Crippen LogP contribution in [0.5, 0.6) is 11.5 Å². The Bertz CT molecular complexity index is 643. The number of rotatable bonds is 5. The minimum absolute atomic E-state index is 0.237. The summed E-state index contributed by atoms with van der Waals surface area (Å²) in [5.74, 6) is 0.715. The molecular formula is C16H16BrNO3. The highest BCUT2D eigenvalue weighted by Crippen LogP contribution is 2.31. The molecule has 0 bridgehead atoms. The van der Waals surface area contributed by atoms with E-state index in [1.807, 2.05) is 24.3 Å². The summed E-state index contributed by atoms with van der Waals surface area (Å²) in [6.07, 6.45) is 0. The van der Waals surface area contributed by atoms with Crippen LogP contribution in [0.25, 0.3) is 0 Å². The number of alkyl halides is 1. The number of amides is 1. The summed E-state index contributed by atoms with van der Waals surface area (Å²) < 4.78 is 10.5. The van der Waals surface area contributed by atoms with Crippen LogP contribution < -0.4 is 14.8 Å². The first-order valence-electron chi connectivity index (χ1n) is 6.37. The highest BCUT2D eigenvalue weighted by Gasteiger charge is 2.17. The van der Waals surface area contributed by atoms with Gasteiger partial charge in [-0.05, 0) is 23.8 Å². The van der Waals surface area contributed by atoms with Gasteiger partial charge in [0.2, 0.25) is 0 Å². The molecule has 2 aromatic carbocycles. The van der Waals surface area contributed by atoms with Crippen LogP contribution in [-0.2, 0) is 5.33 Å². The fourth-order valence-electron chi connectivity index (χ4n) is 2.01. The molecule has 5 heteroatoms. The van der Waals surface area contributed by atoms with E-state index in [4.69, 9.17) is 9.47 Å². The highest BCUT2D eigenvalue weighted by molar-refractivity contribution is 9.08. The zero-order valence-corrected chi connectivity index (χ0v) is 13.4. The SMILES string of the molecule is COc1cccc(C(=O)Nc2ccccc2CBr)c1OC. The van der Waals surface area contributed by atoms with Crippen LogP contribution in [-0.4, -0.2) is 20.1 Å². The van der Waals surface area contributed by atoms with E-state index in [1.165, 1.54) is 7.11 Å². The number of benzene rings is 2. The molecule has 110 valence electrons. The van der Waals surface area contributed by atoms with Gasteiger partial charge in [-0.15, -0.1) is 0 Å². The van der Waals surface area contributed by atoms with Crippen molar-refractivity contribution < 1.29 is 14.3 Å². The minimum atomic E-state index is -0.237. The van der Waals surface area contributed by atoms with E-state index in [-0.39, 0.29) is 5.91 Å². The maximum Gasteiger partial charge on any atom is 0.259 e. The Hall–Kier alpha value is -2.01. The molecule has 2 aromatic rings. The number of carbonyl (C=O) groups excluding carboxylic acids is 1. The zero-order valence-electron chi connectivity index (χ0n) is 11.9. The Morgan fingerprint density at radius 2 is 1.86 bits per heavy atom. The number of halogens is 1. The predicted octanol–water partition coefficient (Wildman–Crippen LogP) is 3.85. The number of methoxy groups -OCH3 is 2. The fraction of sp³-hybridized carbons (Fsp3) is 0.188. The van der Waals surface area contributed by atoms with Gasteiger partial charge in [0, 0.05) is 11.0 Å². The lowest BCUT2D eigenvalue weighted by Crippen LogP contribution is -2.14. The third kappa shape index (κ3) is 3.36. The van der Waals surface area contributed by atoms with Gasteiger partial charge in [0.25, 0.3) is 5.91 Å². The average Bonchev–Trinajstić information content (AvgIpc) is 2.54. The summed E-state index contributed by atoms with van der Waals surface area (Å²) in [6, 6.07) is 12.8. The summed E-state index contributed by atoms with van der Waals surface area (Å²) >= 11 is 3.41. The molecule has 2 rings (SSSR count). The van der Waals surface area contributed by atoms with Crippen molar-refractivity contribution in [3.05, 3.63) is 53.6 Å². The predicted molar refractivity (Wildman–Crippen MR) is 86.6 cm³/mol. The smallest absolute Gasteiger partial charge is 0.259 e. The summed E-state index contributed by atoms with van der Waals surface area (Å²) in [6.45, 7) is 0. The quantitative estimate of drug-likeness (QED) is 0.834. The first kappa shape index (κ1) is 15.4. The van der Waals surface area contributed by atoms with E-state index < -0.39 is 0 Å². The number of ether oxygens (including phenoxy) is 2. The van der Waals surface area contributed by atoms with Crippen molar-refractivity contribution >= 4 is 27.5 Å². The molecule has 0 atom stereocenters. The summed E-state index contributed by atoms with van der Waals surface area (Å²) in [4.78, 5) is 12.5. The molecule has 0 spiro atoms. The largest absolute Gasteiger partial charge is 0.493 e. The highest BCUT2D eigenvalue weighted by atomic mass is 79.9. The van der Waals surface area contributed by atoms with E-state index in [2.05, 4.69) is 21.2 Å². The van der Waals surface area contributed by atoms with Gasteiger partial charge < -0.3 is 14.8 Å². The molecule has 4 nitrogen and oxygen atoms in total. The van der Waals surface area contributed by atoms with Gasteiger partial charge in [-0.1, -0.05) is 40.2 Å². The maximum atomic E-state index is 12.5. The van der Waals surface area contributed by atoms with Crippen LogP contribution >= 0.6 is 15.9 Å². The molecule has 0 saturated heterocycles. The van der Waals surface area contributed by atoms with Crippen molar-refractivity contribution in [2.45, 2.75) is 5.33 Å². The standard InChI is InChI=1S/C16H16BrNO3/c1-20-14-9-5-7-12(15(14)21-2)16(19)18-13-8-4-3-6-11(13)10-17/h3-9H,10H2,1-2H3,(H,18,19). The minimum Gasteiger partial charge on any atom is -0.493 e. The van der Waals surface area contributed by atoms with E-state index in [0.717, 1.165) is 11.3 Å². The molecule has 1 amide bonds. The van der Waals surface area contributed by atoms with E-state index in [0.29, 0.717) is 22.4 Å². The summed E-state index contributed by atoms with van der Waals surface area (Å²) in [7, 11) is 3.06. The topological polar surface area (TPSA) is 47.6 Å². The van der Waals surface area contributed by atoms with Gasteiger partial charge >= 0.3 is 0 Å². The van der Waals surface area contributed by atoms with Crippen LogP contribution in [0.1, 0.15) is 15.9 Å². The monoisotopic (exact) mass is 349 g/mol. The molecule has 0 fully saturated rings. The lowest BCUT2D eigenvalue weighted by molar-refractivity contribution is 0.102. The number of carbonyl (C=O) groups is 1. The van der Waals surface area contributed by atoms with Crippen LogP contribution in [0.2, 0.25) is 0 Å². The lowest BCUT2D eigenvalue weighted by Gasteiger charge is -2.13.